The zero-order valence-corrected chi connectivity index (χ0v) is 14.2. The predicted octanol–water partition coefficient (Wildman–Crippen LogP) is 3.55. The van der Waals surface area contributed by atoms with Crippen molar-refractivity contribution >= 4 is 17.2 Å². The Labute approximate surface area is 135 Å². The van der Waals surface area contributed by atoms with E-state index in [-0.39, 0.29) is 5.91 Å². The lowest BCUT2D eigenvalue weighted by Gasteiger charge is -2.33. The molecule has 0 fully saturated rings. The van der Waals surface area contributed by atoms with Crippen molar-refractivity contribution in [3.63, 3.8) is 0 Å². The molecule has 1 aliphatic carbocycles. The van der Waals surface area contributed by atoms with Gasteiger partial charge in [0, 0.05) is 11.1 Å². The van der Waals surface area contributed by atoms with Crippen molar-refractivity contribution < 1.29 is 4.79 Å². The number of nitrogens with zero attached hydrogens (tertiary/aromatic N) is 1. The number of imidazole rings is 1. The maximum Gasteiger partial charge on any atom is 0.261 e. The van der Waals surface area contributed by atoms with Crippen molar-refractivity contribution in [3.05, 3.63) is 39.6 Å². The molecule has 2 N–H and O–H groups in total. The van der Waals surface area contributed by atoms with Crippen molar-refractivity contribution in [2.24, 2.45) is 11.3 Å². The van der Waals surface area contributed by atoms with Gasteiger partial charge >= 0.3 is 0 Å². The zero-order valence-electron chi connectivity index (χ0n) is 13.4. The third-order valence-electron chi connectivity index (χ3n) is 4.53. The second-order valence-electron chi connectivity index (χ2n) is 7.12. The highest BCUT2D eigenvalue weighted by Gasteiger charge is 2.30. The highest BCUT2D eigenvalue weighted by molar-refractivity contribution is 7.14. The lowest BCUT2D eigenvalue weighted by molar-refractivity contribution is 0.0954. The number of hydrogen-bond acceptors (Lipinski definition) is 3. The molecule has 0 aromatic carbocycles. The Kier molecular flexibility index (Phi) is 4.08. The van der Waals surface area contributed by atoms with Crippen molar-refractivity contribution in [1.82, 2.24) is 15.3 Å². The zero-order chi connectivity index (χ0) is 15.7. The number of fused-ring (bicyclic) bond motifs is 1. The normalized spacial score (nSPS) is 18.0. The molecule has 0 saturated carbocycles. The number of H-pyrrole nitrogens is 1. The average molecular weight is 317 g/mol. The van der Waals surface area contributed by atoms with E-state index in [4.69, 9.17) is 0 Å². The van der Waals surface area contributed by atoms with Gasteiger partial charge in [0.05, 0.1) is 23.4 Å². The number of aromatic nitrogens is 2. The lowest BCUT2D eigenvalue weighted by Crippen LogP contribution is -2.26. The van der Waals surface area contributed by atoms with Crippen LogP contribution in [0.1, 0.15) is 53.0 Å². The van der Waals surface area contributed by atoms with E-state index in [2.05, 4.69) is 42.1 Å². The molecule has 118 valence electrons. The molecule has 1 unspecified atom stereocenters. The summed E-state index contributed by atoms with van der Waals surface area (Å²) in [4.78, 5) is 21.5. The molecule has 22 heavy (non-hydrogen) atoms. The molecule has 0 aliphatic heterocycles. The Hall–Kier alpha value is -1.62. The first-order valence-corrected chi connectivity index (χ1v) is 8.62. The van der Waals surface area contributed by atoms with E-state index < -0.39 is 0 Å². The van der Waals surface area contributed by atoms with Crippen LogP contribution in [0, 0.1) is 11.3 Å². The second kappa shape index (κ2) is 5.88. The largest absolute Gasteiger partial charge is 0.347 e. The van der Waals surface area contributed by atoms with Gasteiger partial charge in [-0.15, -0.1) is 11.3 Å². The molecule has 5 heteroatoms. The first kappa shape index (κ1) is 15.3. The van der Waals surface area contributed by atoms with E-state index in [1.807, 2.05) is 0 Å². The van der Waals surface area contributed by atoms with Gasteiger partial charge in [-0.25, -0.2) is 4.98 Å². The van der Waals surface area contributed by atoms with Gasteiger partial charge in [-0.05, 0) is 42.2 Å². The van der Waals surface area contributed by atoms with Gasteiger partial charge in [-0.3, -0.25) is 4.79 Å². The topological polar surface area (TPSA) is 57.8 Å². The number of amides is 1. The van der Waals surface area contributed by atoms with Crippen molar-refractivity contribution in [1.29, 1.82) is 0 Å². The Morgan fingerprint density at radius 3 is 3.00 bits per heavy atom. The summed E-state index contributed by atoms with van der Waals surface area (Å²) in [5.74, 6) is 0.719. The van der Waals surface area contributed by atoms with Crippen LogP contribution in [0.5, 0.6) is 0 Å². The first-order valence-electron chi connectivity index (χ1n) is 7.80. The van der Waals surface area contributed by atoms with Crippen LogP contribution in [0.15, 0.2) is 18.6 Å². The Morgan fingerprint density at radius 1 is 1.50 bits per heavy atom. The molecule has 2 heterocycles. The minimum atomic E-state index is 0.0151. The molecule has 0 radical (unpaired) electrons. The van der Waals surface area contributed by atoms with Crippen LogP contribution >= 0.6 is 11.3 Å². The number of nitrogens with one attached hydrogen (secondary N) is 2. The molecular weight excluding hydrogens is 294 g/mol. The molecule has 2 aromatic rings. The number of carbonyl (C=O) groups is 1. The van der Waals surface area contributed by atoms with Gasteiger partial charge in [0.25, 0.3) is 5.91 Å². The minimum Gasteiger partial charge on any atom is -0.347 e. The summed E-state index contributed by atoms with van der Waals surface area (Å²) in [6.45, 7) is 7.43. The summed E-state index contributed by atoms with van der Waals surface area (Å²) in [5.41, 5.74) is 2.63. The molecule has 3 rings (SSSR count). The van der Waals surface area contributed by atoms with Gasteiger partial charge in [0.2, 0.25) is 0 Å². The summed E-state index contributed by atoms with van der Waals surface area (Å²) in [6, 6.07) is 2.10. The Balaban J connectivity index is 1.67. The van der Waals surface area contributed by atoms with Gasteiger partial charge in [0.1, 0.15) is 0 Å². The highest BCUT2D eigenvalue weighted by atomic mass is 32.1. The van der Waals surface area contributed by atoms with E-state index in [0.717, 1.165) is 23.4 Å². The predicted molar refractivity (Wildman–Crippen MR) is 89.0 cm³/mol. The average Bonchev–Trinajstić information content (AvgIpc) is 3.11. The van der Waals surface area contributed by atoms with Crippen LogP contribution in [0.3, 0.4) is 0 Å². The fourth-order valence-electron chi connectivity index (χ4n) is 3.02. The number of rotatable bonds is 3. The molecule has 0 bridgehead atoms. The summed E-state index contributed by atoms with van der Waals surface area (Å²) in [6.07, 6.45) is 6.79. The molecule has 2 aromatic heterocycles. The summed E-state index contributed by atoms with van der Waals surface area (Å²) in [5, 5.41) is 2.95. The molecular formula is C17H23N3OS. The molecule has 0 saturated heterocycles. The van der Waals surface area contributed by atoms with E-state index in [1.165, 1.54) is 16.9 Å². The number of hydrogen-bond donors (Lipinski definition) is 2. The van der Waals surface area contributed by atoms with Crippen LogP contribution in [-0.2, 0) is 19.4 Å². The molecule has 4 nitrogen and oxygen atoms in total. The Bertz CT molecular complexity index is 652. The van der Waals surface area contributed by atoms with Crippen LogP contribution < -0.4 is 5.32 Å². The summed E-state index contributed by atoms with van der Waals surface area (Å²) >= 11 is 1.66. The number of carbonyl (C=O) groups excluding carboxylic acids is 1. The van der Waals surface area contributed by atoms with Crippen LogP contribution in [0.25, 0.3) is 0 Å². The maximum atomic E-state index is 12.3. The van der Waals surface area contributed by atoms with Crippen molar-refractivity contribution in [3.8, 4) is 0 Å². The monoisotopic (exact) mass is 317 g/mol. The molecule has 0 spiro atoms. The third-order valence-corrected chi connectivity index (χ3v) is 5.76. The minimum absolute atomic E-state index is 0.0151. The smallest absolute Gasteiger partial charge is 0.261 e. The van der Waals surface area contributed by atoms with Gasteiger partial charge in [-0.1, -0.05) is 20.8 Å². The van der Waals surface area contributed by atoms with Crippen molar-refractivity contribution in [2.75, 3.05) is 0 Å². The maximum absolute atomic E-state index is 12.3. The van der Waals surface area contributed by atoms with Crippen LogP contribution in [-0.4, -0.2) is 15.9 Å². The van der Waals surface area contributed by atoms with Crippen LogP contribution in [0.2, 0.25) is 0 Å². The fraction of sp³-hybridized carbons (Fsp3) is 0.529. The van der Waals surface area contributed by atoms with Gasteiger partial charge < -0.3 is 10.3 Å². The number of thiophene rings is 1. The molecule has 1 aliphatic rings. The molecule has 1 atom stereocenters. The fourth-order valence-corrected chi connectivity index (χ4v) is 4.14. The van der Waals surface area contributed by atoms with E-state index >= 15 is 0 Å². The Morgan fingerprint density at radius 2 is 2.32 bits per heavy atom. The van der Waals surface area contributed by atoms with Crippen LogP contribution in [0.4, 0.5) is 0 Å². The highest BCUT2D eigenvalue weighted by Crippen LogP contribution is 2.40. The van der Waals surface area contributed by atoms with Crippen molar-refractivity contribution in [2.45, 2.75) is 46.6 Å². The number of aryl methyl sites for hydroxylation is 1. The van der Waals surface area contributed by atoms with Gasteiger partial charge in [0.15, 0.2) is 0 Å². The number of aromatic amines is 1. The third kappa shape index (κ3) is 3.24. The molecule has 1 amide bonds. The second-order valence-corrected chi connectivity index (χ2v) is 8.26. The summed E-state index contributed by atoms with van der Waals surface area (Å²) in [7, 11) is 0. The quantitative estimate of drug-likeness (QED) is 0.909. The SMILES string of the molecule is CC(C)(C)C1CCc2sc(C(=O)NCc3cnc[nH]3)cc2C1. The van der Waals surface area contributed by atoms with Gasteiger partial charge in [-0.2, -0.15) is 0 Å². The summed E-state index contributed by atoms with van der Waals surface area (Å²) < 4.78 is 0. The first-order chi connectivity index (χ1) is 10.4. The van der Waals surface area contributed by atoms with E-state index in [0.29, 0.717) is 17.9 Å². The van der Waals surface area contributed by atoms with E-state index in [9.17, 15) is 4.79 Å². The lowest BCUT2D eigenvalue weighted by atomic mass is 9.72. The van der Waals surface area contributed by atoms with E-state index in [1.54, 1.807) is 23.9 Å². The standard InChI is InChI=1S/C17H23N3OS/c1-17(2,3)12-4-5-14-11(6-12)7-15(22-14)16(21)19-9-13-8-18-10-20-13/h7-8,10,12H,4-6,9H2,1-3H3,(H,18,20)(H,19,21).